The van der Waals surface area contributed by atoms with Crippen molar-refractivity contribution in [3.8, 4) is 0 Å². The molecule has 0 rings (SSSR count). The molecule has 0 bridgehead atoms. The van der Waals surface area contributed by atoms with Crippen LogP contribution in [0.15, 0.2) is 12.2 Å². The van der Waals surface area contributed by atoms with Crippen molar-refractivity contribution in [2.45, 2.75) is 366 Å². The Morgan fingerprint density at radius 2 is 0.667 bits per heavy atom. The van der Waals surface area contributed by atoms with Gasteiger partial charge in [-0.15, -0.1) is 0 Å². The van der Waals surface area contributed by atoms with Gasteiger partial charge in [0.25, 0.3) is 0 Å². The van der Waals surface area contributed by atoms with Gasteiger partial charge in [-0.25, -0.2) is 0 Å². The number of allylic oxidation sites excluding steroid dienone is 1. The number of hydrogen-bond donors (Lipinski definition) is 3. The van der Waals surface area contributed by atoms with Gasteiger partial charge in [0.15, 0.2) is 0 Å². The number of nitrogens with one attached hydrogen (secondary N) is 1. The van der Waals surface area contributed by atoms with Gasteiger partial charge in [-0.05, 0) is 32.1 Å². The van der Waals surface area contributed by atoms with E-state index in [1.165, 1.54) is 283 Å². The Balaban J connectivity index is 3.43. The molecule has 1 amide bonds. The smallest absolute Gasteiger partial charge is 0.305 e. The lowest BCUT2D eigenvalue weighted by atomic mass is 10.0. The Labute approximate surface area is 431 Å². The van der Waals surface area contributed by atoms with Gasteiger partial charge in [0.05, 0.1) is 25.4 Å². The number of hydrogen-bond acceptors (Lipinski definition) is 5. The van der Waals surface area contributed by atoms with Crippen molar-refractivity contribution < 1.29 is 24.5 Å². The Morgan fingerprint density at radius 3 is 0.986 bits per heavy atom. The molecule has 0 aromatic carbocycles. The van der Waals surface area contributed by atoms with E-state index in [-0.39, 0.29) is 18.5 Å². The molecule has 0 heterocycles. The first-order chi connectivity index (χ1) is 34.0. The Kier molecular flexibility index (Phi) is 58.0. The number of amides is 1. The number of aliphatic hydroxyl groups excluding tert-OH is 2. The summed E-state index contributed by atoms with van der Waals surface area (Å²) < 4.78 is 5.49. The summed E-state index contributed by atoms with van der Waals surface area (Å²) in [7, 11) is 0. The van der Waals surface area contributed by atoms with E-state index in [4.69, 9.17) is 4.74 Å². The molecule has 6 heteroatoms. The lowest BCUT2D eigenvalue weighted by Crippen LogP contribution is -2.45. The van der Waals surface area contributed by atoms with E-state index in [2.05, 4.69) is 19.2 Å². The van der Waals surface area contributed by atoms with Crippen molar-refractivity contribution in [2.75, 3.05) is 13.2 Å². The molecule has 0 radical (unpaired) electrons. The molecular formula is C63H123NO5. The average Bonchev–Trinajstić information content (AvgIpc) is 3.35. The highest BCUT2D eigenvalue weighted by molar-refractivity contribution is 5.76. The molecule has 410 valence electrons. The number of unbranched alkanes of at least 4 members (excludes halogenated alkanes) is 48. The molecule has 0 aromatic rings. The first-order valence-corrected chi connectivity index (χ1v) is 31.5. The van der Waals surface area contributed by atoms with E-state index in [1.807, 2.05) is 6.08 Å². The number of esters is 1. The molecule has 2 atom stereocenters. The Hall–Kier alpha value is -1.40. The fraction of sp³-hybridized carbons (Fsp3) is 0.937. The zero-order valence-corrected chi connectivity index (χ0v) is 46.8. The monoisotopic (exact) mass is 974 g/mol. The Bertz CT molecular complexity index is 1030. The molecule has 0 fully saturated rings. The van der Waals surface area contributed by atoms with Gasteiger partial charge in [0.2, 0.25) is 5.91 Å². The lowest BCUT2D eigenvalue weighted by molar-refractivity contribution is -0.143. The van der Waals surface area contributed by atoms with Crippen LogP contribution in [0.3, 0.4) is 0 Å². The quantitative estimate of drug-likeness (QED) is 0.0321. The number of ether oxygens (including phenoxy) is 1. The maximum Gasteiger partial charge on any atom is 0.305 e. The van der Waals surface area contributed by atoms with Crippen molar-refractivity contribution in [3.05, 3.63) is 12.2 Å². The fourth-order valence-electron chi connectivity index (χ4n) is 9.99. The summed E-state index contributed by atoms with van der Waals surface area (Å²) in [6.45, 7) is 4.92. The van der Waals surface area contributed by atoms with Crippen LogP contribution >= 0.6 is 0 Å². The Morgan fingerprint density at radius 1 is 0.391 bits per heavy atom. The maximum absolute atomic E-state index is 12.5. The second kappa shape index (κ2) is 59.2. The zero-order valence-electron chi connectivity index (χ0n) is 46.8. The molecule has 0 saturated carbocycles. The molecule has 0 aromatic heterocycles. The number of carbonyl (C=O) groups excluding carboxylic acids is 2. The third kappa shape index (κ3) is 55.8. The molecule has 0 saturated heterocycles. The summed E-state index contributed by atoms with van der Waals surface area (Å²) in [6.07, 6.45) is 71.0. The van der Waals surface area contributed by atoms with Gasteiger partial charge in [-0.1, -0.05) is 321 Å². The highest BCUT2D eigenvalue weighted by Gasteiger charge is 2.18. The zero-order chi connectivity index (χ0) is 50.0. The van der Waals surface area contributed by atoms with Crippen LogP contribution in [-0.4, -0.2) is 47.4 Å². The van der Waals surface area contributed by atoms with Crippen molar-refractivity contribution in [1.82, 2.24) is 5.32 Å². The third-order valence-corrected chi connectivity index (χ3v) is 14.8. The van der Waals surface area contributed by atoms with Crippen LogP contribution in [0.2, 0.25) is 0 Å². The van der Waals surface area contributed by atoms with Crippen LogP contribution in [0, 0.1) is 0 Å². The molecule has 3 N–H and O–H groups in total. The highest BCUT2D eigenvalue weighted by Crippen LogP contribution is 2.18. The summed E-state index contributed by atoms with van der Waals surface area (Å²) in [5.74, 6) is -0.0678. The largest absolute Gasteiger partial charge is 0.466 e. The van der Waals surface area contributed by atoms with Crippen LogP contribution in [0.25, 0.3) is 0 Å². The second-order valence-electron chi connectivity index (χ2n) is 21.8. The highest BCUT2D eigenvalue weighted by atomic mass is 16.5. The van der Waals surface area contributed by atoms with Crippen molar-refractivity contribution in [3.63, 3.8) is 0 Å². The second-order valence-corrected chi connectivity index (χ2v) is 21.8. The van der Waals surface area contributed by atoms with E-state index in [1.54, 1.807) is 6.08 Å². The van der Waals surface area contributed by atoms with Gasteiger partial charge in [0.1, 0.15) is 0 Å². The van der Waals surface area contributed by atoms with Gasteiger partial charge in [0, 0.05) is 12.8 Å². The van der Waals surface area contributed by atoms with Crippen LogP contribution < -0.4 is 5.32 Å². The summed E-state index contributed by atoms with van der Waals surface area (Å²) in [4.78, 5) is 24.6. The van der Waals surface area contributed by atoms with Gasteiger partial charge < -0.3 is 20.3 Å². The number of rotatable bonds is 59. The lowest BCUT2D eigenvalue weighted by Gasteiger charge is -2.20. The predicted molar refractivity (Wildman–Crippen MR) is 301 cm³/mol. The SMILES string of the molecule is CCCCCCCCCCCCCCCCCCC/C=C/C(O)C(CO)NC(=O)CCCCCCCCCCCCCCCCCOC(=O)CCCCCCCCCCCCCCCCCCCC. The number of aliphatic hydroxyl groups is 2. The van der Waals surface area contributed by atoms with Crippen LogP contribution in [0.4, 0.5) is 0 Å². The van der Waals surface area contributed by atoms with E-state index < -0.39 is 12.1 Å². The summed E-state index contributed by atoms with van der Waals surface area (Å²) in [6, 6.07) is -0.634. The van der Waals surface area contributed by atoms with E-state index >= 15 is 0 Å². The molecule has 0 aliphatic carbocycles. The van der Waals surface area contributed by atoms with Gasteiger partial charge in [-0.2, -0.15) is 0 Å². The van der Waals surface area contributed by atoms with E-state index in [0.717, 1.165) is 44.9 Å². The standard InChI is InChI=1S/C63H123NO5/c1-3-5-7-9-11-13-15-17-19-21-23-24-27-31-35-39-43-47-51-55-61(66)60(59-65)64-62(67)56-52-48-44-40-36-32-28-26-30-34-38-42-46-50-54-58-69-63(68)57-53-49-45-41-37-33-29-25-22-20-18-16-14-12-10-8-6-4-2/h51,55,60-61,65-66H,3-50,52-54,56-59H2,1-2H3,(H,64,67)/b55-51+. The van der Waals surface area contributed by atoms with Gasteiger partial charge in [-0.3, -0.25) is 9.59 Å². The average molecular weight is 975 g/mol. The summed E-state index contributed by atoms with van der Waals surface area (Å²) in [5.41, 5.74) is 0. The minimum Gasteiger partial charge on any atom is -0.466 e. The van der Waals surface area contributed by atoms with Crippen molar-refractivity contribution >= 4 is 11.9 Å². The fourth-order valence-corrected chi connectivity index (χ4v) is 9.99. The minimum absolute atomic E-state index is 0.00491. The predicted octanol–water partition coefficient (Wildman–Crippen LogP) is 19.6. The summed E-state index contributed by atoms with van der Waals surface area (Å²) >= 11 is 0. The molecule has 0 aliphatic rings. The van der Waals surface area contributed by atoms with Crippen LogP contribution in [-0.2, 0) is 14.3 Å². The summed E-state index contributed by atoms with van der Waals surface area (Å²) in [5, 5.41) is 23.2. The van der Waals surface area contributed by atoms with Crippen molar-refractivity contribution in [2.24, 2.45) is 0 Å². The molecule has 0 aliphatic heterocycles. The normalized spacial score (nSPS) is 12.6. The van der Waals surface area contributed by atoms with Gasteiger partial charge >= 0.3 is 5.97 Å². The first-order valence-electron chi connectivity index (χ1n) is 31.5. The molecule has 0 spiro atoms. The van der Waals surface area contributed by atoms with E-state index in [0.29, 0.717) is 19.4 Å². The molecular weight excluding hydrogens is 851 g/mol. The third-order valence-electron chi connectivity index (χ3n) is 14.8. The first kappa shape index (κ1) is 67.6. The van der Waals surface area contributed by atoms with Crippen LogP contribution in [0.5, 0.6) is 0 Å². The maximum atomic E-state index is 12.5. The molecule has 2 unspecified atom stereocenters. The minimum atomic E-state index is -0.850. The van der Waals surface area contributed by atoms with Crippen LogP contribution in [0.1, 0.15) is 354 Å². The number of carbonyl (C=O) groups is 2. The van der Waals surface area contributed by atoms with E-state index in [9.17, 15) is 19.8 Å². The van der Waals surface area contributed by atoms with Crippen molar-refractivity contribution in [1.29, 1.82) is 0 Å². The molecule has 6 nitrogen and oxygen atoms in total. The topological polar surface area (TPSA) is 95.9 Å². The molecule has 69 heavy (non-hydrogen) atoms.